The van der Waals surface area contributed by atoms with Gasteiger partial charge in [-0.05, 0) is 32.1 Å². The van der Waals surface area contributed by atoms with E-state index in [2.05, 4.69) is 38.3 Å². The largest absolute Gasteiger partial charge is 0.289 e. The number of amides is 1. The number of hydrazine groups is 1. The molecule has 0 rings (SSSR count). The highest BCUT2D eigenvalue weighted by Gasteiger charge is 2.04. The van der Waals surface area contributed by atoms with Crippen LogP contribution in [0.5, 0.6) is 0 Å². The molecule has 0 aliphatic rings. The molecule has 0 bridgehead atoms. The lowest BCUT2D eigenvalue weighted by atomic mass is 10.1. The Morgan fingerprint density at radius 1 is 0.731 bits per heavy atom. The van der Waals surface area contributed by atoms with Gasteiger partial charge in [-0.25, -0.2) is 5.01 Å². The van der Waals surface area contributed by atoms with Crippen molar-refractivity contribution in [2.45, 2.75) is 111 Å². The molecule has 0 aromatic carbocycles. The third kappa shape index (κ3) is 19.8. The SMILES string of the molecule is CCCCCCCCC=CCCCCCCCC(=O)NN(CC)CC.Cl. The number of halogens is 1. The number of nitrogens with zero attached hydrogens (tertiary/aromatic N) is 1. The van der Waals surface area contributed by atoms with Crippen LogP contribution in [-0.4, -0.2) is 24.0 Å². The summed E-state index contributed by atoms with van der Waals surface area (Å²) in [7, 11) is 0. The van der Waals surface area contributed by atoms with Gasteiger partial charge in [0, 0.05) is 19.5 Å². The number of unbranched alkanes of at least 4 members (excludes halogenated alkanes) is 11. The molecule has 0 heterocycles. The molecule has 0 spiro atoms. The maximum Gasteiger partial charge on any atom is 0.234 e. The minimum absolute atomic E-state index is 0. The summed E-state index contributed by atoms with van der Waals surface area (Å²) < 4.78 is 0. The van der Waals surface area contributed by atoms with E-state index in [1.807, 2.05) is 5.01 Å². The number of hydrogen-bond donors (Lipinski definition) is 1. The van der Waals surface area contributed by atoms with E-state index in [4.69, 9.17) is 0 Å². The van der Waals surface area contributed by atoms with Crippen molar-refractivity contribution >= 4 is 18.3 Å². The molecule has 1 amide bonds. The Hall–Kier alpha value is -0.540. The van der Waals surface area contributed by atoms with Crippen LogP contribution in [0.25, 0.3) is 0 Å². The third-order valence-corrected chi connectivity index (χ3v) is 4.71. The van der Waals surface area contributed by atoms with Crippen molar-refractivity contribution in [1.29, 1.82) is 0 Å². The van der Waals surface area contributed by atoms with Crippen LogP contribution >= 0.6 is 12.4 Å². The molecule has 3 nitrogen and oxygen atoms in total. The van der Waals surface area contributed by atoms with E-state index in [-0.39, 0.29) is 18.3 Å². The first kappa shape index (κ1) is 27.7. The van der Waals surface area contributed by atoms with Crippen LogP contribution in [-0.2, 0) is 4.79 Å². The van der Waals surface area contributed by atoms with Gasteiger partial charge < -0.3 is 0 Å². The predicted octanol–water partition coefficient (Wildman–Crippen LogP) is 6.82. The normalized spacial score (nSPS) is 11.1. The minimum Gasteiger partial charge on any atom is -0.289 e. The Morgan fingerprint density at radius 3 is 1.69 bits per heavy atom. The second kappa shape index (κ2) is 22.5. The number of nitrogens with one attached hydrogen (secondary N) is 1. The van der Waals surface area contributed by atoms with Crippen molar-refractivity contribution in [1.82, 2.24) is 10.4 Å². The van der Waals surface area contributed by atoms with E-state index in [0.717, 1.165) is 19.5 Å². The first-order valence-corrected chi connectivity index (χ1v) is 10.9. The van der Waals surface area contributed by atoms with Gasteiger partial charge in [0.2, 0.25) is 5.91 Å². The van der Waals surface area contributed by atoms with Crippen LogP contribution in [0.3, 0.4) is 0 Å². The molecule has 0 saturated carbocycles. The van der Waals surface area contributed by atoms with Crippen molar-refractivity contribution in [3.63, 3.8) is 0 Å². The number of allylic oxidation sites excluding steroid dienone is 2. The summed E-state index contributed by atoms with van der Waals surface area (Å²) in [5, 5.41) is 1.96. The Morgan fingerprint density at radius 2 is 1.19 bits per heavy atom. The fourth-order valence-corrected chi connectivity index (χ4v) is 2.97. The quantitative estimate of drug-likeness (QED) is 0.159. The van der Waals surface area contributed by atoms with E-state index in [9.17, 15) is 4.79 Å². The average molecular weight is 389 g/mol. The molecule has 0 aromatic rings. The molecular formula is C22H45ClN2O. The van der Waals surface area contributed by atoms with Crippen molar-refractivity contribution in [2.24, 2.45) is 0 Å². The third-order valence-electron chi connectivity index (χ3n) is 4.71. The van der Waals surface area contributed by atoms with Crippen LogP contribution in [0.1, 0.15) is 111 Å². The molecule has 0 saturated heterocycles. The van der Waals surface area contributed by atoms with Crippen LogP contribution in [0, 0.1) is 0 Å². The van der Waals surface area contributed by atoms with Gasteiger partial charge in [-0.3, -0.25) is 10.2 Å². The van der Waals surface area contributed by atoms with Gasteiger partial charge >= 0.3 is 0 Å². The summed E-state index contributed by atoms with van der Waals surface area (Å²) in [5.41, 5.74) is 2.95. The monoisotopic (exact) mass is 388 g/mol. The number of hydrogen-bond acceptors (Lipinski definition) is 2. The average Bonchev–Trinajstić information content (AvgIpc) is 2.62. The van der Waals surface area contributed by atoms with Crippen molar-refractivity contribution < 1.29 is 4.79 Å². The zero-order valence-corrected chi connectivity index (χ0v) is 18.5. The second-order valence-corrected chi connectivity index (χ2v) is 7.04. The molecule has 0 unspecified atom stereocenters. The van der Waals surface area contributed by atoms with E-state index >= 15 is 0 Å². The fourth-order valence-electron chi connectivity index (χ4n) is 2.97. The van der Waals surface area contributed by atoms with Gasteiger partial charge in [0.1, 0.15) is 0 Å². The highest BCUT2D eigenvalue weighted by atomic mass is 35.5. The Bertz CT molecular complexity index is 317. The predicted molar refractivity (Wildman–Crippen MR) is 118 cm³/mol. The topological polar surface area (TPSA) is 32.3 Å². The molecule has 0 atom stereocenters. The van der Waals surface area contributed by atoms with Crippen molar-refractivity contribution in [2.75, 3.05) is 13.1 Å². The summed E-state index contributed by atoms with van der Waals surface area (Å²) in [6.45, 7) is 8.13. The van der Waals surface area contributed by atoms with E-state index in [1.54, 1.807) is 0 Å². The number of carbonyl (C=O) groups excluding carboxylic acids is 1. The molecule has 4 heteroatoms. The highest BCUT2D eigenvalue weighted by Crippen LogP contribution is 2.10. The van der Waals surface area contributed by atoms with Gasteiger partial charge in [0.25, 0.3) is 0 Å². The minimum atomic E-state index is 0. The van der Waals surface area contributed by atoms with Crippen LogP contribution in [0.2, 0.25) is 0 Å². The van der Waals surface area contributed by atoms with Crippen LogP contribution in [0.4, 0.5) is 0 Å². The Kier molecular flexibility index (Phi) is 24.0. The Labute approximate surface area is 169 Å². The molecule has 0 aliphatic heterocycles. The zero-order valence-electron chi connectivity index (χ0n) is 17.7. The fraction of sp³-hybridized carbons (Fsp3) is 0.864. The smallest absolute Gasteiger partial charge is 0.234 e. The molecule has 0 fully saturated rings. The van der Waals surface area contributed by atoms with Gasteiger partial charge in [0.15, 0.2) is 0 Å². The van der Waals surface area contributed by atoms with E-state index in [1.165, 1.54) is 77.0 Å². The summed E-state index contributed by atoms with van der Waals surface area (Å²) in [4.78, 5) is 11.7. The lowest BCUT2D eigenvalue weighted by Gasteiger charge is -2.19. The second-order valence-electron chi connectivity index (χ2n) is 7.04. The molecule has 26 heavy (non-hydrogen) atoms. The maximum absolute atomic E-state index is 11.7. The zero-order chi connectivity index (χ0) is 18.6. The maximum atomic E-state index is 11.7. The molecule has 1 N–H and O–H groups in total. The van der Waals surface area contributed by atoms with Crippen molar-refractivity contribution in [3.05, 3.63) is 12.2 Å². The lowest BCUT2D eigenvalue weighted by molar-refractivity contribution is -0.125. The lowest BCUT2D eigenvalue weighted by Crippen LogP contribution is -2.41. The molecule has 0 aromatic heterocycles. The summed E-state index contributed by atoms with van der Waals surface area (Å²) in [5.74, 6) is 0.168. The first-order valence-electron chi connectivity index (χ1n) is 10.9. The molecule has 0 radical (unpaired) electrons. The van der Waals surface area contributed by atoms with Gasteiger partial charge in [-0.2, -0.15) is 0 Å². The Balaban J connectivity index is 0. The van der Waals surface area contributed by atoms with Crippen LogP contribution < -0.4 is 5.43 Å². The highest BCUT2D eigenvalue weighted by molar-refractivity contribution is 5.85. The summed E-state index contributed by atoms with van der Waals surface area (Å²) >= 11 is 0. The van der Waals surface area contributed by atoms with Gasteiger partial charge in [-0.15, -0.1) is 12.4 Å². The van der Waals surface area contributed by atoms with Crippen molar-refractivity contribution in [3.8, 4) is 0 Å². The van der Waals surface area contributed by atoms with Gasteiger partial charge in [0.05, 0.1) is 0 Å². The standard InChI is InChI=1S/C22H44N2O.ClH/c1-4-7-8-9-10-11-12-13-14-15-16-17-18-19-20-21-22(25)23-24(5-2)6-3;/h13-14H,4-12,15-21H2,1-3H3,(H,23,25);1H. The number of carbonyl (C=O) groups is 1. The van der Waals surface area contributed by atoms with E-state index in [0.29, 0.717) is 6.42 Å². The first-order chi connectivity index (χ1) is 12.2. The van der Waals surface area contributed by atoms with Crippen LogP contribution in [0.15, 0.2) is 12.2 Å². The molecular weight excluding hydrogens is 344 g/mol. The molecule has 0 aliphatic carbocycles. The summed E-state index contributed by atoms with van der Waals surface area (Å²) in [6.07, 6.45) is 22.2. The van der Waals surface area contributed by atoms with E-state index < -0.39 is 0 Å². The summed E-state index contributed by atoms with van der Waals surface area (Å²) in [6, 6.07) is 0. The number of rotatable bonds is 18. The van der Waals surface area contributed by atoms with Gasteiger partial charge in [-0.1, -0.05) is 84.3 Å². The molecule has 156 valence electrons.